The number of hydrogen-bond acceptors (Lipinski definition) is 4. The van der Waals surface area contributed by atoms with E-state index in [9.17, 15) is 4.79 Å². The summed E-state index contributed by atoms with van der Waals surface area (Å²) < 4.78 is 0. The molecule has 0 fully saturated rings. The number of nitrogens with zero attached hydrogens (tertiary/aromatic N) is 2. The molecular formula is C22H20N4O. The highest BCUT2D eigenvalue weighted by Crippen LogP contribution is 2.13. The van der Waals surface area contributed by atoms with Crippen LogP contribution in [0.3, 0.4) is 0 Å². The zero-order valence-electron chi connectivity index (χ0n) is 14.9. The van der Waals surface area contributed by atoms with Gasteiger partial charge in [-0.25, -0.2) is 0 Å². The van der Waals surface area contributed by atoms with E-state index in [1.165, 1.54) is 11.8 Å². The van der Waals surface area contributed by atoms with E-state index in [4.69, 9.17) is 5.26 Å². The van der Waals surface area contributed by atoms with Gasteiger partial charge in [-0.15, -0.1) is 0 Å². The molecule has 0 saturated carbocycles. The first-order valence-corrected chi connectivity index (χ1v) is 8.79. The van der Waals surface area contributed by atoms with Gasteiger partial charge in [-0.1, -0.05) is 30.3 Å². The maximum Gasteiger partial charge on any atom is 0.257 e. The van der Waals surface area contributed by atoms with Gasteiger partial charge in [0, 0.05) is 24.6 Å². The van der Waals surface area contributed by atoms with E-state index in [-0.39, 0.29) is 5.91 Å². The predicted molar refractivity (Wildman–Crippen MR) is 107 cm³/mol. The van der Waals surface area contributed by atoms with Crippen LogP contribution in [0.15, 0.2) is 73.1 Å². The SMILES string of the molecule is N#Cc1ccc(NC(=O)c2cncc(NCCCc3ccccc3)c2)cc1. The lowest BCUT2D eigenvalue weighted by Crippen LogP contribution is -2.13. The van der Waals surface area contributed by atoms with Gasteiger partial charge in [-0.2, -0.15) is 5.26 Å². The van der Waals surface area contributed by atoms with Crippen LogP contribution >= 0.6 is 0 Å². The normalized spacial score (nSPS) is 10.0. The van der Waals surface area contributed by atoms with E-state index in [0.29, 0.717) is 16.8 Å². The molecular weight excluding hydrogens is 336 g/mol. The van der Waals surface area contributed by atoms with Gasteiger partial charge >= 0.3 is 0 Å². The van der Waals surface area contributed by atoms with Crippen LogP contribution in [-0.4, -0.2) is 17.4 Å². The zero-order chi connectivity index (χ0) is 18.9. The van der Waals surface area contributed by atoms with Crippen molar-refractivity contribution in [3.05, 3.63) is 89.7 Å². The van der Waals surface area contributed by atoms with Gasteiger partial charge in [0.1, 0.15) is 0 Å². The van der Waals surface area contributed by atoms with Gasteiger partial charge < -0.3 is 10.6 Å². The minimum atomic E-state index is -0.236. The molecule has 5 heteroatoms. The van der Waals surface area contributed by atoms with Crippen molar-refractivity contribution in [2.75, 3.05) is 17.2 Å². The molecule has 1 amide bonds. The number of anilines is 2. The van der Waals surface area contributed by atoms with Crippen molar-refractivity contribution in [2.24, 2.45) is 0 Å². The zero-order valence-corrected chi connectivity index (χ0v) is 14.9. The van der Waals surface area contributed by atoms with E-state index >= 15 is 0 Å². The summed E-state index contributed by atoms with van der Waals surface area (Å²) in [5.74, 6) is -0.236. The predicted octanol–water partition coefficient (Wildman–Crippen LogP) is 4.25. The Balaban J connectivity index is 1.53. The number of pyridine rings is 1. The summed E-state index contributed by atoms with van der Waals surface area (Å²) >= 11 is 0. The summed E-state index contributed by atoms with van der Waals surface area (Å²) in [5.41, 5.74) is 3.80. The number of aryl methyl sites for hydroxylation is 1. The summed E-state index contributed by atoms with van der Waals surface area (Å²) in [7, 11) is 0. The Morgan fingerprint density at radius 1 is 1.00 bits per heavy atom. The van der Waals surface area contributed by atoms with Gasteiger partial charge in [0.05, 0.1) is 22.9 Å². The van der Waals surface area contributed by atoms with Crippen molar-refractivity contribution in [3.63, 3.8) is 0 Å². The first-order chi connectivity index (χ1) is 13.2. The van der Waals surface area contributed by atoms with Crippen molar-refractivity contribution in [3.8, 4) is 6.07 Å². The molecule has 0 aliphatic heterocycles. The molecule has 0 atom stereocenters. The Morgan fingerprint density at radius 2 is 1.78 bits per heavy atom. The molecule has 3 rings (SSSR count). The summed E-state index contributed by atoms with van der Waals surface area (Å²) in [6.07, 6.45) is 5.24. The number of hydrogen-bond donors (Lipinski definition) is 2. The molecule has 0 spiro atoms. The summed E-state index contributed by atoms with van der Waals surface area (Å²) in [6.45, 7) is 0.803. The minimum Gasteiger partial charge on any atom is -0.384 e. The Bertz CT molecular complexity index is 931. The van der Waals surface area contributed by atoms with Gasteiger partial charge in [-0.05, 0) is 48.7 Å². The van der Waals surface area contributed by atoms with E-state index in [0.717, 1.165) is 25.1 Å². The van der Waals surface area contributed by atoms with Crippen molar-refractivity contribution in [1.82, 2.24) is 4.98 Å². The number of rotatable bonds is 7. The number of amides is 1. The molecule has 2 aromatic carbocycles. The lowest BCUT2D eigenvalue weighted by atomic mass is 10.1. The Morgan fingerprint density at radius 3 is 2.52 bits per heavy atom. The van der Waals surface area contributed by atoms with E-state index in [1.54, 1.807) is 36.5 Å². The smallest absolute Gasteiger partial charge is 0.257 e. The van der Waals surface area contributed by atoms with Crippen molar-refractivity contribution >= 4 is 17.3 Å². The molecule has 0 bridgehead atoms. The number of benzene rings is 2. The summed E-state index contributed by atoms with van der Waals surface area (Å²) in [6, 6.07) is 20.9. The van der Waals surface area contributed by atoms with Crippen LogP contribution in [0.4, 0.5) is 11.4 Å². The molecule has 0 unspecified atom stereocenters. The number of carbonyl (C=O) groups excluding carboxylic acids is 1. The Hall–Kier alpha value is -3.65. The fourth-order valence-corrected chi connectivity index (χ4v) is 2.66. The van der Waals surface area contributed by atoms with Crippen LogP contribution in [0.25, 0.3) is 0 Å². The number of aromatic nitrogens is 1. The molecule has 134 valence electrons. The molecule has 27 heavy (non-hydrogen) atoms. The van der Waals surface area contributed by atoms with Crippen LogP contribution in [0.5, 0.6) is 0 Å². The van der Waals surface area contributed by atoms with Crippen LogP contribution < -0.4 is 10.6 Å². The Kier molecular flexibility index (Phi) is 6.16. The molecule has 2 N–H and O–H groups in total. The van der Waals surface area contributed by atoms with Crippen LogP contribution in [0, 0.1) is 11.3 Å². The maximum absolute atomic E-state index is 12.4. The molecule has 5 nitrogen and oxygen atoms in total. The highest BCUT2D eigenvalue weighted by molar-refractivity contribution is 6.04. The second-order valence-corrected chi connectivity index (χ2v) is 6.12. The van der Waals surface area contributed by atoms with E-state index in [2.05, 4.69) is 33.8 Å². The Labute approximate surface area is 158 Å². The minimum absolute atomic E-state index is 0.236. The second kappa shape index (κ2) is 9.16. The highest BCUT2D eigenvalue weighted by atomic mass is 16.1. The quantitative estimate of drug-likeness (QED) is 0.620. The van der Waals surface area contributed by atoms with Crippen LogP contribution in [-0.2, 0) is 6.42 Å². The standard InChI is InChI=1S/C22H20N4O/c23-14-18-8-10-20(11-9-18)26-22(27)19-13-21(16-24-15-19)25-12-4-7-17-5-2-1-3-6-17/h1-3,5-6,8-11,13,15-16,25H,4,7,12H2,(H,26,27). The molecule has 0 radical (unpaired) electrons. The van der Waals surface area contributed by atoms with E-state index in [1.807, 2.05) is 18.2 Å². The van der Waals surface area contributed by atoms with Gasteiger partial charge in [0.2, 0.25) is 0 Å². The van der Waals surface area contributed by atoms with Gasteiger partial charge in [0.15, 0.2) is 0 Å². The average Bonchev–Trinajstić information content (AvgIpc) is 2.73. The number of nitriles is 1. The van der Waals surface area contributed by atoms with Crippen molar-refractivity contribution in [2.45, 2.75) is 12.8 Å². The summed E-state index contributed by atoms with van der Waals surface area (Å²) in [4.78, 5) is 16.5. The number of nitrogens with one attached hydrogen (secondary N) is 2. The largest absolute Gasteiger partial charge is 0.384 e. The first kappa shape index (κ1) is 18.2. The third-order valence-electron chi connectivity index (χ3n) is 4.09. The maximum atomic E-state index is 12.4. The fourth-order valence-electron chi connectivity index (χ4n) is 2.66. The average molecular weight is 356 g/mol. The molecule has 0 aliphatic rings. The fraction of sp³-hybridized carbons (Fsp3) is 0.136. The van der Waals surface area contributed by atoms with Crippen molar-refractivity contribution in [1.29, 1.82) is 5.26 Å². The van der Waals surface area contributed by atoms with Gasteiger partial charge in [-0.3, -0.25) is 9.78 Å². The van der Waals surface area contributed by atoms with Gasteiger partial charge in [0.25, 0.3) is 5.91 Å². The monoisotopic (exact) mass is 356 g/mol. The highest BCUT2D eigenvalue weighted by Gasteiger charge is 2.07. The first-order valence-electron chi connectivity index (χ1n) is 8.79. The summed E-state index contributed by atoms with van der Waals surface area (Å²) in [5, 5.41) is 14.9. The van der Waals surface area contributed by atoms with E-state index < -0.39 is 0 Å². The molecule has 0 aliphatic carbocycles. The van der Waals surface area contributed by atoms with Crippen molar-refractivity contribution < 1.29 is 4.79 Å². The van der Waals surface area contributed by atoms with Crippen LogP contribution in [0.2, 0.25) is 0 Å². The third kappa shape index (κ3) is 5.41. The number of carbonyl (C=O) groups is 1. The topological polar surface area (TPSA) is 77.8 Å². The lowest BCUT2D eigenvalue weighted by molar-refractivity contribution is 0.102. The second-order valence-electron chi connectivity index (χ2n) is 6.12. The molecule has 1 aromatic heterocycles. The molecule has 3 aromatic rings. The lowest BCUT2D eigenvalue weighted by Gasteiger charge is -2.09. The van der Waals surface area contributed by atoms with Crippen LogP contribution in [0.1, 0.15) is 27.9 Å². The molecule has 1 heterocycles. The third-order valence-corrected chi connectivity index (χ3v) is 4.09. The molecule has 0 saturated heterocycles.